The second kappa shape index (κ2) is 7.36. The van der Waals surface area contributed by atoms with Crippen LogP contribution in [0.25, 0.3) is 0 Å². The largest absolute Gasteiger partial charge is 0.435 e. The fourth-order valence-electron chi connectivity index (χ4n) is 1.79. The van der Waals surface area contributed by atoms with Crippen LogP contribution in [0.4, 0.5) is 8.78 Å². The first-order valence-corrected chi connectivity index (χ1v) is 6.80. The molecule has 3 N–H and O–H groups in total. The Hall–Kier alpha value is -1.69. The number of benzene rings is 1. The molecular formula is C15H22F2N2O2. The number of carbonyl (C=O) groups excluding carboxylic acids is 1. The molecule has 1 aromatic rings. The number of hydrogen-bond acceptors (Lipinski definition) is 3. The summed E-state index contributed by atoms with van der Waals surface area (Å²) in [5, 5.41) is 2.81. The minimum absolute atomic E-state index is 0.0756. The zero-order valence-electron chi connectivity index (χ0n) is 12.5. The van der Waals surface area contributed by atoms with Gasteiger partial charge in [0.2, 0.25) is 5.91 Å². The molecule has 0 radical (unpaired) electrons. The summed E-state index contributed by atoms with van der Waals surface area (Å²) >= 11 is 0. The lowest BCUT2D eigenvalue weighted by molar-refractivity contribution is -0.122. The van der Waals surface area contributed by atoms with Gasteiger partial charge in [-0.15, -0.1) is 0 Å². The number of ether oxygens (including phenoxy) is 1. The van der Waals surface area contributed by atoms with Gasteiger partial charge in [-0.3, -0.25) is 4.79 Å². The van der Waals surface area contributed by atoms with Crippen molar-refractivity contribution < 1.29 is 18.3 Å². The van der Waals surface area contributed by atoms with Gasteiger partial charge in [-0.05, 0) is 44.9 Å². The summed E-state index contributed by atoms with van der Waals surface area (Å²) in [6.07, 6.45) is 0.890. The van der Waals surface area contributed by atoms with Crippen molar-refractivity contribution in [3.63, 3.8) is 0 Å². The van der Waals surface area contributed by atoms with Crippen LogP contribution < -0.4 is 15.8 Å². The van der Waals surface area contributed by atoms with Gasteiger partial charge in [0.15, 0.2) is 0 Å². The molecular weight excluding hydrogens is 278 g/mol. The molecule has 6 heteroatoms. The molecule has 1 amide bonds. The molecule has 0 aliphatic heterocycles. The topological polar surface area (TPSA) is 64.4 Å². The predicted octanol–water partition coefficient (Wildman–Crippen LogP) is 2.98. The summed E-state index contributed by atoms with van der Waals surface area (Å²) in [4.78, 5) is 11.8. The molecule has 0 saturated heterocycles. The van der Waals surface area contributed by atoms with Gasteiger partial charge in [-0.2, -0.15) is 8.78 Å². The van der Waals surface area contributed by atoms with Gasteiger partial charge in [0.05, 0.1) is 6.04 Å². The fraction of sp³-hybridized carbons (Fsp3) is 0.533. The normalized spacial score (nSPS) is 13.1. The second-order valence-corrected chi connectivity index (χ2v) is 5.73. The van der Waals surface area contributed by atoms with Crippen LogP contribution in [0.5, 0.6) is 5.75 Å². The van der Waals surface area contributed by atoms with E-state index in [2.05, 4.69) is 10.1 Å². The lowest BCUT2D eigenvalue weighted by Gasteiger charge is -2.19. The number of rotatable bonds is 7. The number of halogens is 2. The van der Waals surface area contributed by atoms with Crippen LogP contribution in [0.15, 0.2) is 24.3 Å². The Kier molecular flexibility index (Phi) is 6.08. The average molecular weight is 300 g/mol. The Balaban J connectivity index is 2.58. The minimum atomic E-state index is -2.86. The fourth-order valence-corrected chi connectivity index (χ4v) is 1.79. The summed E-state index contributed by atoms with van der Waals surface area (Å²) in [5.41, 5.74) is 6.13. The van der Waals surface area contributed by atoms with Gasteiger partial charge in [0.1, 0.15) is 5.75 Å². The maximum Gasteiger partial charge on any atom is 0.387 e. The molecule has 118 valence electrons. The van der Waals surface area contributed by atoms with E-state index < -0.39 is 12.2 Å². The summed E-state index contributed by atoms with van der Waals surface area (Å²) in [6.45, 7) is 2.63. The minimum Gasteiger partial charge on any atom is -0.435 e. The molecule has 0 saturated carbocycles. The highest BCUT2D eigenvalue weighted by molar-refractivity contribution is 5.76. The van der Waals surface area contributed by atoms with Crippen LogP contribution in [0, 0.1) is 0 Å². The van der Waals surface area contributed by atoms with Crippen molar-refractivity contribution in [2.45, 2.75) is 51.8 Å². The van der Waals surface area contributed by atoms with E-state index in [4.69, 9.17) is 5.73 Å². The Morgan fingerprint density at radius 1 is 1.43 bits per heavy atom. The van der Waals surface area contributed by atoms with Crippen LogP contribution in [0.2, 0.25) is 0 Å². The van der Waals surface area contributed by atoms with Gasteiger partial charge in [0, 0.05) is 12.0 Å². The van der Waals surface area contributed by atoms with E-state index in [1.165, 1.54) is 12.1 Å². The molecule has 0 aliphatic carbocycles. The third-order valence-electron chi connectivity index (χ3n) is 2.96. The zero-order valence-corrected chi connectivity index (χ0v) is 12.5. The maximum absolute atomic E-state index is 12.2. The summed E-state index contributed by atoms with van der Waals surface area (Å²) in [5.74, 6) is -0.0482. The van der Waals surface area contributed by atoms with Crippen LogP contribution in [-0.2, 0) is 4.79 Å². The number of nitrogens with two attached hydrogens (primary N) is 1. The average Bonchev–Trinajstić information content (AvgIpc) is 2.35. The second-order valence-electron chi connectivity index (χ2n) is 5.73. The lowest BCUT2D eigenvalue weighted by Crippen LogP contribution is -2.35. The highest BCUT2D eigenvalue weighted by Gasteiger charge is 2.15. The Morgan fingerprint density at radius 3 is 2.67 bits per heavy atom. The molecule has 0 fully saturated rings. The van der Waals surface area contributed by atoms with E-state index in [0.29, 0.717) is 18.4 Å². The van der Waals surface area contributed by atoms with Crippen LogP contribution >= 0.6 is 0 Å². The number of nitrogens with one attached hydrogen (secondary N) is 1. The van der Waals surface area contributed by atoms with E-state index >= 15 is 0 Å². The highest BCUT2D eigenvalue weighted by Crippen LogP contribution is 2.21. The van der Waals surface area contributed by atoms with Gasteiger partial charge in [-0.1, -0.05) is 12.1 Å². The maximum atomic E-state index is 12.2. The smallest absolute Gasteiger partial charge is 0.387 e. The summed E-state index contributed by atoms with van der Waals surface area (Å²) < 4.78 is 28.7. The number of alkyl halides is 2. The molecule has 1 atom stereocenters. The van der Waals surface area contributed by atoms with Gasteiger partial charge >= 0.3 is 6.61 Å². The summed E-state index contributed by atoms with van der Waals surface area (Å²) in [6, 6.07) is 6.00. The zero-order chi connectivity index (χ0) is 16.0. The SMILES string of the molecule is CC(NC(=O)CCC(C)(C)N)c1cccc(OC(F)F)c1. The van der Waals surface area contributed by atoms with Crippen molar-refractivity contribution in [2.24, 2.45) is 5.73 Å². The van der Waals surface area contributed by atoms with E-state index in [1.807, 2.05) is 13.8 Å². The molecule has 0 aromatic heterocycles. The van der Waals surface area contributed by atoms with Crippen molar-refractivity contribution in [3.8, 4) is 5.75 Å². The molecule has 1 rings (SSSR count). The molecule has 1 unspecified atom stereocenters. The standard InChI is InChI=1S/C15H22F2N2O2/c1-10(19-13(20)7-8-15(2,3)18)11-5-4-6-12(9-11)21-14(16)17/h4-6,9-10,14H,7-8,18H2,1-3H3,(H,19,20). The van der Waals surface area contributed by atoms with Crippen molar-refractivity contribution in [2.75, 3.05) is 0 Å². The van der Waals surface area contributed by atoms with Crippen molar-refractivity contribution in [1.82, 2.24) is 5.32 Å². The van der Waals surface area contributed by atoms with E-state index in [9.17, 15) is 13.6 Å². The van der Waals surface area contributed by atoms with Crippen LogP contribution in [-0.4, -0.2) is 18.1 Å². The molecule has 0 aliphatic rings. The molecule has 4 nitrogen and oxygen atoms in total. The number of amides is 1. The van der Waals surface area contributed by atoms with Crippen LogP contribution in [0.3, 0.4) is 0 Å². The summed E-state index contributed by atoms with van der Waals surface area (Å²) in [7, 11) is 0. The number of carbonyl (C=O) groups is 1. The molecule has 0 bridgehead atoms. The first kappa shape index (κ1) is 17.4. The van der Waals surface area contributed by atoms with Gasteiger partial charge < -0.3 is 15.8 Å². The van der Waals surface area contributed by atoms with Gasteiger partial charge in [0.25, 0.3) is 0 Å². The highest BCUT2D eigenvalue weighted by atomic mass is 19.3. The van der Waals surface area contributed by atoms with Crippen LogP contribution in [0.1, 0.15) is 45.2 Å². The van der Waals surface area contributed by atoms with Crippen molar-refractivity contribution in [3.05, 3.63) is 29.8 Å². The molecule has 0 heterocycles. The Labute approximate surface area is 123 Å². The molecule has 1 aromatic carbocycles. The third-order valence-corrected chi connectivity index (χ3v) is 2.96. The van der Waals surface area contributed by atoms with E-state index in [0.717, 1.165) is 0 Å². The van der Waals surface area contributed by atoms with E-state index in [1.54, 1.807) is 19.1 Å². The predicted molar refractivity (Wildman–Crippen MR) is 77.1 cm³/mol. The molecule has 21 heavy (non-hydrogen) atoms. The monoisotopic (exact) mass is 300 g/mol. The first-order chi connectivity index (χ1) is 9.67. The first-order valence-electron chi connectivity index (χ1n) is 6.80. The van der Waals surface area contributed by atoms with E-state index in [-0.39, 0.29) is 17.7 Å². The quantitative estimate of drug-likeness (QED) is 0.813. The van der Waals surface area contributed by atoms with Gasteiger partial charge in [-0.25, -0.2) is 0 Å². The lowest BCUT2D eigenvalue weighted by atomic mass is 9.99. The van der Waals surface area contributed by atoms with Crippen molar-refractivity contribution >= 4 is 5.91 Å². The van der Waals surface area contributed by atoms with Crippen molar-refractivity contribution in [1.29, 1.82) is 0 Å². The Bertz CT molecular complexity index is 473. The number of hydrogen-bond donors (Lipinski definition) is 2. The Morgan fingerprint density at radius 2 is 2.10 bits per heavy atom. The third kappa shape index (κ3) is 7.04. The molecule has 0 spiro atoms.